The Morgan fingerprint density at radius 2 is 1.95 bits per heavy atom. The molecule has 2 aromatic rings. The molecule has 8 nitrogen and oxygen atoms in total. The molecule has 4 rings (SSSR count). The quantitative estimate of drug-likeness (QED) is 0.365. The van der Waals surface area contributed by atoms with Crippen molar-refractivity contribution in [3.8, 4) is 11.8 Å². The number of hydrogen-bond donors (Lipinski definition) is 2. The Bertz CT molecular complexity index is 1290. The molecule has 0 spiro atoms. The Kier molecular flexibility index (Phi) is 8.15. The van der Waals surface area contributed by atoms with E-state index < -0.39 is 5.97 Å². The number of benzene rings is 2. The molecule has 0 bridgehead atoms. The first-order chi connectivity index (χ1) is 18.4. The molecule has 9 heteroatoms. The number of aliphatic carboxylic acids is 1. The summed E-state index contributed by atoms with van der Waals surface area (Å²) < 4.78 is 11.7. The molecule has 0 radical (unpaired) electrons. The predicted octanol–water partition coefficient (Wildman–Crippen LogP) is 5.73. The van der Waals surface area contributed by atoms with Gasteiger partial charge < -0.3 is 24.8 Å². The standard InChI is InChI=1S/C30H36ClN3O5/c1-6-7-21(16-38-17-25(35)36)33-20-10-8-19-15-34(26(37)23(19)12-20)27-29(2,3)28(30(27,4)5)39-22-11-9-18(14-32)24(31)13-22/h8-13,21,27-28,33H,6-7,15-17H2,1-5H3,(H,35,36)/t21?,27-,28-. The number of nitrogens with one attached hydrogen (secondary N) is 1. The van der Waals surface area contributed by atoms with E-state index in [0.29, 0.717) is 28.4 Å². The number of halogens is 1. The number of anilines is 1. The molecule has 1 aliphatic carbocycles. The maximum atomic E-state index is 13.7. The number of nitriles is 1. The summed E-state index contributed by atoms with van der Waals surface area (Å²) in [5, 5.41) is 21.8. The lowest BCUT2D eigenvalue weighted by Gasteiger charge is -2.65. The molecule has 2 aromatic carbocycles. The van der Waals surface area contributed by atoms with Crippen molar-refractivity contribution in [1.29, 1.82) is 5.26 Å². The van der Waals surface area contributed by atoms with Crippen LogP contribution in [0.1, 0.15) is 68.9 Å². The van der Waals surface area contributed by atoms with E-state index in [1.807, 2.05) is 23.1 Å². The second-order valence-corrected chi connectivity index (χ2v) is 12.0. The molecule has 2 aliphatic rings. The molecular formula is C30H36ClN3O5. The van der Waals surface area contributed by atoms with Crippen LogP contribution in [0, 0.1) is 22.2 Å². The fourth-order valence-electron chi connectivity index (χ4n) is 6.70. The van der Waals surface area contributed by atoms with E-state index in [4.69, 9.17) is 31.4 Å². The van der Waals surface area contributed by atoms with Crippen LogP contribution in [0.25, 0.3) is 0 Å². The number of carbonyl (C=O) groups excluding carboxylic acids is 1. The Morgan fingerprint density at radius 3 is 2.56 bits per heavy atom. The summed E-state index contributed by atoms with van der Waals surface area (Å²) in [6, 6.07) is 12.9. The molecule has 1 amide bonds. The van der Waals surface area contributed by atoms with Crippen LogP contribution in [0.3, 0.4) is 0 Å². The maximum Gasteiger partial charge on any atom is 0.329 e. The number of nitrogens with zero attached hydrogens (tertiary/aromatic N) is 2. The lowest BCUT2D eigenvalue weighted by molar-refractivity contribution is -0.199. The van der Waals surface area contributed by atoms with Crippen molar-refractivity contribution in [2.24, 2.45) is 10.8 Å². The second kappa shape index (κ2) is 11.1. The summed E-state index contributed by atoms with van der Waals surface area (Å²) in [6.45, 7) is 11.0. The van der Waals surface area contributed by atoms with Crippen molar-refractivity contribution in [3.05, 3.63) is 58.1 Å². The third-order valence-corrected chi connectivity index (χ3v) is 8.19. The first kappa shape index (κ1) is 28.7. The summed E-state index contributed by atoms with van der Waals surface area (Å²) in [7, 11) is 0. The van der Waals surface area contributed by atoms with Crippen LogP contribution in [0.4, 0.5) is 5.69 Å². The van der Waals surface area contributed by atoms with Crippen LogP contribution in [0.5, 0.6) is 5.75 Å². The van der Waals surface area contributed by atoms with Crippen molar-refractivity contribution in [3.63, 3.8) is 0 Å². The van der Waals surface area contributed by atoms with Crippen molar-refractivity contribution >= 4 is 29.2 Å². The highest BCUT2D eigenvalue weighted by molar-refractivity contribution is 6.31. The molecule has 1 heterocycles. The van der Waals surface area contributed by atoms with Crippen LogP contribution >= 0.6 is 11.6 Å². The zero-order valence-electron chi connectivity index (χ0n) is 23.1. The molecule has 208 valence electrons. The molecule has 1 aliphatic heterocycles. The number of carboxylic acid groups (broad SMARTS) is 1. The highest BCUT2D eigenvalue weighted by atomic mass is 35.5. The summed E-state index contributed by atoms with van der Waals surface area (Å²) in [4.78, 5) is 26.5. The largest absolute Gasteiger partial charge is 0.489 e. The third kappa shape index (κ3) is 5.57. The number of hydrogen-bond acceptors (Lipinski definition) is 6. The Hall–Kier alpha value is -3.28. The molecular weight excluding hydrogens is 518 g/mol. The maximum absolute atomic E-state index is 13.7. The topological polar surface area (TPSA) is 112 Å². The van der Waals surface area contributed by atoms with E-state index in [1.54, 1.807) is 18.2 Å². The van der Waals surface area contributed by atoms with Crippen molar-refractivity contribution in [2.45, 2.75) is 72.2 Å². The van der Waals surface area contributed by atoms with Crippen molar-refractivity contribution < 1.29 is 24.2 Å². The molecule has 1 fully saturated rings. The zero-order chi connectivity index (χ0) is 28.5. The normalized spacial score (nSPS) is 21.5. The first-order valence-corrected chi connectivity index (χ1v) is 13.6. The fraction of sp³-hybridized carbons (Fsp3) is 0.500. The number of carboxylic acids is 1. The average Bonchev–Trinajstić information content (AvgIpc) is 3.16. The summed E-state index contributed by atoms with van der Waals surface area (Å²) in [5.41, 5.74) is 2.20. The Balaban J connectivity index is 1.48. The van der Waals surface area contributed by atoms with Gasteiger partial charge in [-0.05, 0) is 36.2 Å². The smallest absolute Gasteiger partial charge is 0.329 e. The Morgan fingerprint density at radius 1 is 1.23 bits per heavy atom. The van der Waals surface area contributed by atoms with E-state index in [2.05, 4.69) is 46.0 Å². The minimum absolute atomic E-state index is 0.00571. The third-order valence-electron chi connectivity index (χ3n) is 7.88. The van der Waals surface area contributed by atoms with Gasteiger partial charge in [0, 0.05) is 46.8 Å². The van der Waals surface area contributed by atoms with Gasteiger partial charge in [0.2, 0.25) is 0 Å². The van der Waals surface area contributed by atoms with Gasteiger partial charge in [-0.2, -0.15) is 5.26 Å². The summed E-state index contributed by atoms with van der Waals surface area (Å²) >= 11 is 6.23. The number of fused-ring (bicyclic) bond motifs is 1. The monoisotopic (exact) mass is 553 g/mol. The second-order valence-electron chi connectivity index (χ2n) is 11.6. The lowest BCUT2D eigenvalue weighted by atomic mass is 9.49. The Labute approximate surface area is 234 Å². The van der Waals surface area contributed by atoms with Gasteiger partial charge in [0.15, 0.2) is 0 Å². The van der Waals surface area contributed by atoms with Crippen LogP contribution < -0.4 is 10.1 Å². The van der Waals surface area contributed by atoms with Gasteiger partial charge in [-0.3, -0.25) is 4.79 Å². The van der Waals surface area contributed by atoms with E-state index in [-0.39, 0.29) is 48.1 Å². The molecule has 39 heavy (non-hydrogen) atoms. The van der Waals surface area contributed by atoms with E-state index in [9.17, 15) is 9.59 Å². The van der Waals surface area contributed by atoms with Gasteiger partial charge >= 0.3 is 5.97 Å². The summed E-state index contributed by atoms with van der Waals surface area (Å²) in [6.07, 6.45) is 1.55. The SMILES string of the molecule is CCCC(COCC(=O)O)Nc1ccc2c(c1)C(=O)N([C@H]1C(C)(C)[C@H](Oc3ccc(C#N)c(Cl)c3)C1(C)C)C2. The zero-order valence-corrected chi connectivity index (χ0v) is 23.8. The molecule has 1 saturated carbocycles. The first-order valence-electron chi connectivity index (χ1n) is 13.3. The minimum atomic E-state index is -0.997. The summed E-state index contributed by atoms with van der Waals surface area (Å²) in [5.74, 6) is -0.401. The predicted molar refractivity (Wildman–Crippen MR) is 149 cm³/mol. The number of carbonyl (C=O) groups is 2. The van der Waals surface area contributed by atoms with Crippen molar-refractivity contribution in [2.75, 3.05) is 18.5 Å². The van der Waals surface area contributed by atoms with E-state index >= 15 is 0 Å². The van der Waals surface area contributed by atoms with Crippen LogP contribution in [0.2, 0.25) is 5.02 Å². The van der Waals surface area contributed by atoms with Gasteiger partial charge in [-0.25, -0.2) is 4.79 Å². The highest BCUT2D eigenvalue weighted by Crippen LogP contribution is 2.59. The average molecular weight is 554 g/mol. The highest BCUT2D eigenvalue weighted by Gasteiger charge is 2.67. The fourth-order valence-corrected chi connectivity index (χ4v) is 6.92. The number of ether oxygens (including phenoxy) is 2. The van der Waals surface area contributed by atoms with Crippen LogP contribution in [0.15, 0.2) is 36.4 Å². The molecule has 1 unspecified atom stereocenters. The lowest BCUT2D eigenvalue weighted by Crippen LogP contribution is -2.74. The van der Waals surface area contributed by atoms with E-state index in [1.165, 1.54) is 0 Å². The number of amides is 1. The molecule has 0 aromatic heterocycles. The van der Waals surface area contributed by atoms with Gasteiger partial charge in [0.05, 0.1) is 17.2 Å². The van der Waals surface area contributed by atoms with Gasteiger partial charge in [0.25, 0.3) is 5.91 Å². The molecule has 0 saturated heterocycles. The van der Waals surface area contributed by atoms with Gasteiger partial charge in [0.1, 0.15) is 24.5 Å². The van der Waals surface area contributed by atoms with Crippen molar-refractivity contribution in [1.82, 2.24) is 4.90 Å². The van der Waals surface area contributed by atoms with Crippen LogP contribution in [-0.4, -0.2) is 53.3 Å². The number of rotatable bonds is 11. The van der Waals surface area contributed by atoms with E-state index in [0.717, 1.165) is 24.1 Å². The van der Waals surface area contributed by atoms with Crippen LogP contribution in [-0.2, 0) is 16.1 Å². The molecule has 2 N–H and O–H groups in total. The minimum Gasteiger partial charge on any atom is -0.489 e. The van der Waals surface area contributed by atoms with Gasteiger partial charge in [-0.15, -0.1) is 0 Å². The molecule has 1 atom stereocenters. The van der Waals surface area contributed by atoms with Gasteiger partial charge in [-0.1, -0.05) is 58.7 Å².